The third-order valence-corrected chi connectivity index (χ3v) is 4.57. The first-order valence-corrected chi connectivity index (χ1v) is 6.93. The lowest BCUT2D eigenvalue weighted by Crippen LogP contribution is -2.52. The number of hydrogen-bond acceptors (Lipinski definition) is 4. The van der Waals surface area contributed by atoms with Gasteiger partial charge >= 0.3 is 0 Å². The van der Waals surface area contributed by atoms with E-state index < -0.39 is 5.54 Å². The van der Waals surface area contributed by atoms with Crippen LogP contribution in [0.5, 0.6) is 0 Å². The number of hydrogen-bond donors (Lipinski definition) is 1. The van der Waals surface area contributed by atoms with Gasteiger partial charge in [-0.05, 0) is 31.4 Å². The Bertz CT molecular complexity index is 394. The summed E-state index contributed by atoms with van der Waals surface area (Å²) in [4.78, 5) is 14.7. The van der Waals surface area contributed by atoms with Gasteiger partial charge in [0.2, 0.25) is 0 Å². The van der Waals surface area contributed by atoms with Crippen LogP contribution in [0.2, 0.25) is 0 Å². The average Bonchev–Trinajstić information content (AvgIpc) is 2.78. The Labute approximate surface area is 106 Å². The Morgan fingerprint density at radius 3 is 2.65 bits per heavy atom. The molecule has 1 aliphatic heterocycles. The van der Waals surface area contributed by atoms with E-state index in [-0.39, 0.29) is 5.78 Å². The molecule has 0 aliphatic carbocycles. The smallest absolute Gasteiger partial charge is 0.157 e. The molecule has 1 aliphatic rings. The molecule has 0 aromatic carbocycles. The second-order valence-corrected chi connectivity index (χ2v) is 5.84. The number of thiophene rings is 1. The number of nitrogens with two attached hydrogens (primary N) is 1. The van der Waals surface area contributed by atoms with Gasteiger partial charge in [-0.25, -0.2) is 0 Å². The highest BCUT2D eigenvalue weighted by atomic mass is 32.1. The fourth-order valence-electron chi connectivity index (χ4n) is 2.06. The monoisotopic (exact) mass is 253 g/mol. The van der Waals surface area contributed by atoms with Crippen molar-refractivity contribution in [2.24, 2.45) is 5.73 Å². The number of aryl methyl sites for hydroxylation is 1. The third kappa shape index (κ3) is 2.94. The van der Waals surface area contributed by atoms with E-state index in [2.05, 4.69) is 13.0 Å². The van der Waals surface area contributed by atoms with Crippen molar-refractivity contribution in [2.45, 2.75) is 38.1 Å². The molecule has 3 nitrogen and oxygen atoms in total. The molecule has 2 heterocycles. The van der Waals surface area contributed by atoms with Gasteiger partial charge < -0.3 is 10.5 Å². The van der Waals surface area contributed by atoms with Crippen LogP contribution in [-0.2, 0) is 22.4 Å². The molecule has 0 unspecified atom stereocenters. The first kappa shape index (κ1) is 12.7. The maximum absolute atomic E-state index is 12.2. The Kier molecular flexibility index (Phi) is 3.97. The van der Waals surface area contributed by atoms with E-state index in [9.17, 15) is 4.79 Å². The molecule has 1 fully saturated rings. The van der Waals surface area contributed by atoms with Crippen LogP contribution in [0.4, 0.5) is 0 Å². The van der Waals surface area contributed by atoms with Crippen molar-refractivity contribution in [2.75, 3.05) is 13.2 Å². The summed E-state index contributed by atoms with van der Waals surface area (Å²) in [6.45, 7) is 3.33. The Balaban J connectivity index is 2.00. The molecule has 0 saturated carbocycles. The minimum atomic E-state index is -0.658. The second-order valence-electron chi connectivity index (χ2n) is 4.59. The average molecular weight is 253 g/mol. The van der Waals surface area contributed by atoms with Crippen molar-refractivity contribution in [1.82, 2.24) is 0 Å². The summed E-state index contributed by atoms with van der Waals surface area (Å²) >= 11 is 1.72. The Morgan fingerprint density at radius 1 is 1.41 bits per heavy atom. The number of Topliss-reactive ketones (excluding diaryl/α,β-unsaturated/α-hetero) is 1. The van der Waals surface area contributed by atoms with E-state index in [1.54, 1.807) is 11.3 Å². The van der Waals surface area contributed by atoms with Crippen molar-refractivity contribution in [3.8, 4) is 0 Å². The van der Waals surface area contributed by atoms with Crippen LogP contribution in [0.25, 0.3) is 0 Å². The normalized spacial score (nSPS) is 19.2. The Morgan fingerprint density at radius 2 is 2.06 bits per heavy atom. The summed E-state index contributed by atoms with van der Waals surface area (Å²) in [5, 5.41) is 0. The number of carbonyl (C=O) groups excluding carboxylic acids is 1. The topological polar surface area (TPSA) is 52.3 Å². The summed E-state index contributed by atoms with van der Waals surface area (Å²) in [5.41, 5.74) is 5.51. The summed E-state index contributed by atoms with van der Waals surface area (Å²) in [6, 6.07) is 4.14. The van der Waals surface area contributed by atoms with E-state index in [0.29, 0.717) is 32.5 Å². The molecule has 0 radical (unpaired) electrons. The van der Waals surface area contributed by atoms with Crippen molar-refractivity contribution in [3.63, 3.8) is 0 Å². The van der Waals surface area contributed by atoms with Gasteiger partial charge in [-0.2, -0.15) is 0 Å². The van der Waals surface area contributed by atoms with E-state index in [0.717, 1.165) is 11.3 Å². The van der Waals surface area contributed by atoms with Gasteiger partial charge in [0.1, 0.15) is 0 Å². The first-order valence-electron chi connectivity index (χ1n) is 6.11. The molecule has 1 aromatic heterocycles. The fraction of sp³-hybridized carbons (Fsp3) is 0.615. The highest BCUT2D eigenvalue weighted by Crippen LogP contribution is 2.23. The largest absolute Gasteiger partial charge is 0.381 e. The van der Waals surface area contributed by atoms with Crippen molar-refractivity contribution < 1.29 is 9.53 Å². The van der Waals surface area contributed by atoms with Crippen LogP contribution in [0.1, 0.15) is 29.5 Å². The molecule has 94 valence electrons. The summed E-state index contributed by atoms with van der Waals surface area (Å²) in [6.07, 6.45) is 2.80. The van der Waals surface area contributed by atoms with Gasteiger partial charge in [0.25, 0.3) is 0 Å². The van der Waals surface area contributed by atoms with Gasteiger partial charge in [0.15, 0.2) is 5.78 Å². The van der Waals surface area contributed by atoms with Crippen molar-refractivity contribution in [1.29, 1.82) is 0 Å². The number of ether oxygens (including phenoxy) is 1. The number of ketones is 1. The minimum absolute atomic E-state index is 0.158. The molecule has 0 atom stereocenters. The van der Waals surface area contributed by atoms with Gasteiger partial charge in [0.05, 0.1) is 5.54 Å². The van der Waals surface area contributed by atoms with Crippen LogP contribution in [0.15, 0.2) is 12.1 Å². The van der Waals surface area contributed by atoms with E-state index >= 15 is 0 Å². The molecule has 17 heavy (non-hydrogen) atoms. The van der Waals surface area contributed by atoms with Crippen LogP contribution < -0.4 is 5.73 Å². The van der Waals surface area contributed by atoms with Gasteiger partial charge in [-0.15, -0.1) is 11.3 Å². The molecular formula is C13H19NO2S. The highest BCUT2D eigenvalue weighted by Gasteiger charge is 2.35. The standard InChI is InChI=1S/C13H19NO2S/c1-2-10-3-4-11(17-10)9-12(15)13(14)5-7-16-8-6-13/h3-4H,2,5-9,14H2,1H3. The zero-order valence-electron chi connectivity index (χ0n) is 10.2. The summed E-state index contributed by atoms with van der Waals surface area (Å²) < 4.78 is 5.26. The van der Waals surface area contributed by atoms with Crippen molar-refractivity contribution in [3.05, 3.63) is 21.9 Å². The predicted molar refractivity (Wildman–Crippen MR) is 69.4 cm³/mol. The maximum Gasteiger partial charge on any atom is 0.157 e. The van der Waals surface area contributed by atoms with Crippen molar-refractivity contribution >= 4 is 17.1 Å². The third-order valence-electron chi connectivity index (χ3n) is 3.34. The number of carbonyl (C=O) groups is 1. The van der Waals surface area contributed by atoms with E-state index in [1.807, 2.05) is 6.07 Å². The van der Waals surface area contributed by atoms with E-state index in [1.165, 1.54) is 4.88 Å². The predicted octanol–water partition coefficient (Wildman–Crippen LogP) is 1.93. The number of rotatable bonds is 4. The lowest BCUT2D eigenvalue weighted by molar-refractivity contribution is -0.126. The molecule has 2 N–H and O–H groups in total. The molecule has 1 saturated heterocycles. The van der Waals surface area contributed by atoms with Gasteiger partial charge in [-0.3, -0.25) is 4.79 Å². The first-order chi connectivity index (χ1) is 8.14. The maximum atomic E-state index is 12.2. The SMILES string of the molecule is CCc1ccc(CC(=O)C2(N)CCOCC2)s1. The lowest BCUT2D eigenvalue weighted by atomic mass is 9.85. The summed E-state index contributed by atoms with van der Waals surface area (Å²) in [7, 11) is 0. The quantitative estimate of drug-likeness (QED) is 0.892. The van der Waals surface area contributed by atoms with Gasteiger partial charge in [0, 0.05) is 29.4 Å². The molecule has 0 spiro atoms. The molecular weight excluding hydrogens is 234 g/mol. The molecule has 0 bridgehead atoms. The van der Waals surface area contributed by atoms with Crippen LogP contribution >= 0.6 is 11.3 Å². The van der Waals surface area contributed by atoms with Crippen LogP contribution in [0, 0.1) is 0 Å². The lowest BCUT2D eigenvalue weighted by Gasteiger charge is -2.31. The minimum Gasteiger partial charge on any atom is -0.381 e. The zero-order chi connectivity index (χ0) is 12.3. The second kappa shape index (κ2) is 5.29. The van der Waals surface area contributed by atoms with Crippen LogP contribution in [0.3, 0.4) is 0 Å². The molecule has 0 amide bonds. The highest BCUT2D eigenvalue weighted by molar-refractivity contribution is 7.12. The fourth-order valence-corrected chi connectivity index (χ4v) is 3.01. The van der Waals surface area contributed by atoms with E-state index in [4.69, 9.17) is 10.5 Å². The van der Waals surface area contributed by atoms with Crippen LogP contribution in [-0.4, -0.2) is 24.5 Å². The molecule has 2 rings (SSSR count). The molecule has 4 heteroatoms. The molecule has 1 aromatic rings. The van der Waals surface area contributed by atoms with Gasteiger partial charge in [-0.1, -0.05) is 6.92 Å². The summed E-state index contributed by atoms with van der Waals surface area (Å²) in [5.74, 6) is 0.158. The zero-order valence-corrected chi connectivity index (χ0v) is 11.0. The Hall–Kier alpha value is -0.710.